The highest BCUT2D eigenvalue weighted by atomic mass is 35.5. The van der Waals surface area contributed by atoms with Crippen LogP contribution in [0.25, 0.3) is 0 Å². The van der Waals surface area contributed by atoms with Crippen LogP contribution in [0.2, 0.25) is 10.0 Å². The molecule has 0 spiro atoms. The van der Waals surface area contributed by atoms with Crippen LogP contribution >= 0.6 is 23.2 Å². The van der Waals surface area contributed by atoms with E-state index >= 15 is 0 Å². The van der Waals surface area contributed by atoms with Gasteiger partial charge in [0.05, 0.1) is 0 Å². The maximum absolute atomic E-state index is 6.38. The number of halogens is 2. The molecule has 1 saturated heterocycles. The average Bonchev–Trinajstić information content (AvgIpc) is 3.29. The second-order valence-corrected chi connectivity index (χ2v) is 7.58. The van der Waals surface area contributed by atoms with Crippen molar-refractivity contribution in [3.8, 4) is 0 Å². The molecule has 116 valence electrons. The molecule has 2 aliphatic rings. The molecule has 0 radical (unpaired) electrons. The molecule has 1 saturated carbocycles. The molecule has 0 bridgehead atoms. The molecule has 1 heterocycles. The van der Waals surface area contributed by atoms with Crippen molar-refractivity contribution >= 4 is 23.2 Å². The Labute approximate surface area is 137 Å². The Hall–Kier alpha value is -0.280. The third-order valence-corrected chi connectivity index (χ3v) is 5.82. The smallest absolute Gasteiger partial charge is 0.0465 e. The summed E-state index contributed by atoms with van der Waals surface area (Å²) in [4.78, 5) is 2.64. The lowest BCUT2D eigenvalue weighted by atomic mass is 9.88. The zero-order valence-electron chi connectivity index (χ0n) is 12.8. The number of benzene rings is 1. The van der Waals surface area contributed by atoms with Crippen LogP contribution in [0.3, 0.4) is 0 Å². The summed E-state index contributed by atoms with van der Waals surface area (Å²) in [5, 5.41) is 5.22. The van der Waals surface area contributed by atoms with Gasteiger partial charge in [0, 0.05) is 41.3 Å². The highest BCUT2D eigenvalue weighted by Gasteiger charge is 2.47. The Morgan fingerprint density at radius 3 is 2.71 bits per heavy atom. The van der Waals surface area contributed by atoms with Gasteiger partial charge in [0.15, 0.2) is 0 Å². The molecule has 2 atom stereocenters. The quantitative estimate of drug-likeness (QED) is 0.885. The molecule has 1 aliphatic carbocycles. The molecular weight excluding hydrogens is 303 g/mol. The van der Waals surface area contributed by atoms with Gasteiger partial charge >= 0.3 is 0 Å². The predicted octanol–water partition coefficient (Wildman–Crippen LogP) is 4.35. The fourth-order valence-corrected chi connectivity index (χ4v) is 3.95. The zero-order valence-corrected chi connectivity index (χ0v) is 14.3. The third-order valence-electron chi connectivity index (χ3n) is 5.24. The van der Waals surface area contributed by atoms with E-state index in [0.717, 1.165) is 30.6 Å². The second-order valence-electron chi connectivity index (χ2n) is 6.73. The Morgan fingerprint density at radius 2 is 2.10 bits per heavy atom. The molecule has 2 fully saturated rings. The molecule has 2 nitrogen and oxygen atoms in total. The molecule has 0 aromatic heterocycles. The van der Waals surface area contributed by atoms with Gasteiger partial charge in [0.1, 0.15) is 0 Å². The number of nitrogens with one attached hydrogen (secondary N) is 1. The van der Waals surface area contributed by atoms with Crippen LogP contribution < -0.4 is 5.32 Å². The van der Waals surface area contributed by atoms with E-state index in [1.54, 1.807) is 0 Å². The summed E-state index contributed by atoms with van der Waals surface area (Å²) in [6.45, 7) is 7.77. The van der Waals surface area contributed by atoms with Gasteiger partial charge in [0.25, 0.3) is 0 Å². The fourth-order valence-electron chi connectivity index (χ4n) is 3.48. The molecule has 3 rings (SSSR count). The van der Waals surface area contributed by atoms with Gasteiger partial charge in [0.2, 0.25) is 0 Å². The van der Waals surface area contributed by atoms with Gasteiger partial charge in [-0.25, -0.2) is 0 Å². The average molecular weight is 327 g/mol. The Kier molecular flexibility index (Phi) is 4.52. The minimum absolute atomic E-state index is 0.259. The molecule has 1 aliphatic heterocycles. The Morgan fingerprint density at radius 1 is 1.33 bits per heavy atom. The van der Waals surface area contributed by atoms with Crippen LogP contribution in [0.4, 0.5) is 0 Å². The summed E-state index contributed by atoms with van der Waals surface area (Å²) in [6.07, 6.45) is 3.89. The van der Waals surface area contributed by atoms with Gasteiger partial charge < -0.3 is 5.32 Å². The minimum atomic E-state index is 0.259. The molecule has 4 heteroatoms. The maximum Gasteiger partial charge on any atom is 0.0465 e. The van der Waals surface area contributed by atoms with Crippen molar-refractivity contribution < 1.29 is 0 Å². The lowest BCUT2D eigenvalue weighted by molar-refractivity contribution is 0.0271. The van der Waals surface area contributed by atoms with Crippen molar-refractivity contribution in [3.63, 3.8) is 0 Å². The molecule has 1 aromatic carbocycles. The molecular formula is C17H24Cl2N2. The Balaban J connectivity index is 1.81. The lowest BCUT2D eigenvalue weighted by Gasteiger charge is -2.49. The van der Waals surface area contributed by atoms with Crippen molar-refractivity contribution in [1.82, 2.24) is 10.2 Å². The summed E-state index contributed by atoms with van der Waals surface area (Å²) in [5.74, 6) is 0.828. The predicted molar refractivity (Wildman–Crippen MR) is 90.1 cm³/mol. The number of hydrogen-bond acceptors (Lipinski definition) is 2. The highest BCUT2D eigenvalue weighted by molar-refractivity contribution is 6.35. The van der Waals surface area contributed by atoms with Crippen molar-refractivity contribution in [2.24, 2.45) is 5.92 Å². The fraction of sp³-hybridized carbons (Fsp3) is 0.647. The van der Waals surface area contributed by atoms with Crippen molar-refractivity contribution in [3.05, 3.63) is 33.8 Å². The van der Waals surface area contributed by atoms with Gasteiger partial charge in [-0.2, -0.15) is 0 Å². The number of rotatable bonds is 4. The summed E-state index contributed by atoms with van der Waals surface area (Å²) in [7, 11) is 0. The topological polar surface area (TPSA) is 15.3 Å². The van der Waals surface area contributed by atoms with Crippen LogP contribution in [0, 0.1) is 5.92 Å². The van der Waals surface area contributed by atoms with E-state index in [4.69, 9.17) is 23.2 Å². The third kappa shape index (κ3) is 3.24. The van der Waals surface area contributed by atoms with E-state index in [1.807, 2.05) is 12.1 Å². The summed E-state index contributed by atoms with van der Waals surface area (Å²) >= 11 is 12.4. The molecule has 0 amide bonds. The van der Waals surface area contributed by atoms with Gasteiger partial charge in [-0.15, -0.1) is 0 Å². The minimum Gasteiger partial charge on any atom is -0.311 e. The number of nitrogens with zero attached hydrogens (tertiary/aromatic N) is 1. The van der Waals surface area contributed by atoms with E-state index in [9.17, 15) is 0 Å². The van der Waals surface area contributed by atoms with E-state index in [2.05, 4.69) is 30.1 Å². The first-order valence-corrected chi connectivity index (χ1v) is 8.71. The Bertz CT molecular complexity index is 516. The molecule has 1 N–H and O–H groups in total. The van der Waals surface area contributed by atoms with E-state index in [-0.39, 0.29) is 5.54 Å². The number of piperazine rings is 1. The molecule has 21 heavy (non-hydrogen) atoms. The monoisotopic (exact) mass is 326 g/mol. The summed E-state index contributed by atoms with van der Waals surface area (Å²) < 4.78 is 0. The maximum atomic E-state index is 6.38. The van der Waals surface area contributed by atoms with Crippen LogP contribution in [0.15, 0.2) is 18.2 Å². The van der Waals surface area contributed by atoms with Crippen LogP contribution in [-0.4, -0.2) is 29.6 Å². The van der Waals surface area contributed by atoms with Crippen molar-refractivity contribution in [1.29, 1.82) is 0 Å². The number of hydrogen-bond donors (Lipinski definition) is 1. The molecule has 2 unspecified atom stereocenters. The van der Waals surface area contributed by atoms with E-state index in [1.165, 1.54) is 24.8 Å². The van der Waals surface area contributed by atoms with Crippen LogP contribution in [0.1, 0.15) is 38.7 Å². The van der Waals surface area contributed by atoms with Gasteiger partial charge in [-0.05, 0) is 49.8 Å². The highest BCUT2D eigenvalue weighted by Crippen LogP contribution is 2.44. The normalized spacial score (nSPS) is 30.6. The van der Waals surface area contributed by atoms with Gasteiger partial charge in [-0.3, -0.25) is 4.90 Å². The first-order chi connectivity index (χ1) is 10.0. The summed E-state index contributed by atoms with van der Waals surface area (Å²) in [5.41, 5.74) is 1.44. The zero-order chi connectivity index (χ0) is 15.0. The SMILES string of the molecule is CCC1CN(Cc2ccc(Cl)cc2Cl)C(C)(C2CC2)CN1. The van der Waals surface area contributed by atoms with E-state index < -0.39 is 0 Å². The van der Waals surface area contributed by atoms with Gasteiger partial charge in [-0.1, -0.05) is 36.2 Å². The second kappa shape index (κ2) is 6.08. The van der Waals surface area contributed by atoms with Crippen molar-refractivity contribution in [2.75, 3.05) is 13.1 Å². The van der Waals surface area contributed by atoms with E-state index in [0.29, 0.717) is 11.1 Å². The first-order valence-electron chi connectivity index (χ1n) is 7.95. The molecule has 1 aromatic rings. The van der Waals surface area contributed by atoms with Crippen LogP contribution in [0.5, 0.6) is 0 Å². The van der Waals surface area contributed by atoms with Crippen molar-refractivity contribution in [2.45, 2.75) is 51.2 Å². The standard InChI is InChI=1S/C17H24Cl2N2/c1-3-15-10-21(17(2,11-20-15)13-5-6-13)9-12-4-7-14(18)8-16(12)19/h4,7-8,13,15,20H,3,5-6,9-11H2,1-2H3. The largest absolute Gasteiger partial charge is 0.311 e. The van der Waals surface area contributed by atoms with Crippen LogP contribution in [-0.2, 0) is 6.54 Å². The first kappa shape index (κ1) is 15.6. The summed E-state index contributed by atoms with van der Waals surface area (Å²) in [6, 6.07) is 6.45. The lowest BCUT2D eigenvalue weighted by Crippen LogP contribution is -2.63.